The van der Waals surface area contributed by atoms with Gasteiger partial charge in [0.15, 0.2) is 0 Å². The van der Waals surface area contributed by atoms with Crippen LogP contribution in [0, 0.1) is 0 Å². The minimum absolute atomic E-state index is 0.555. The average Bonchev–Trinajstić information content (AvgIpc) is 2.92. The standard InChI is InChI=1S/C24H18N4/c1-3-9-17(10-4-1)22-20-13-7-8-14-21(20)23-18(15-25-22)16-26-24(28-23)27-19-11-5-2-6-12-19/h1-14,16H,15H2,(H,26,27,28). The first kappa shape index (κ1) is 16.4. The van der Waals surface area contributed by atoms with Crippen LogP contribution in [0.5, 0.6) is 0 Å². The van der Waals surface area contributed by atoms with Crippen LogP contribution < -0.4 is 5.32 Å². The smallest absolute Gasteiger partial charge is 0.227 e. The van der Waals surface area contributed by atoms with E-state index in [4.69, 9.17) is 9.98 Å². The molecular formula is C24H18N4. The largest absolute Gasteiger partial charge is 0.324 e. The van der Waals surface area contributed by atoms with Gasteiger partial charge in [-0.05, 0) is 12.1 Å². The molecule has 1 aliphatic heterocycles. The summed E-state index contributed by atoms with van der Waals surface area (Å²) in [5, 5.41) is 3.29. The maximum atomic E-state index is 4.91. The lowest BCUT2D eigenvalue weighted by molar-refractivity contribution is 1.02. The van der Waals surface area contributed by atoms with Crippen LogP contribution in [0.2, 0.25) is 0 Å². The SMILES string of the molecule is c1ccc(Nc2ncc3c(n2)-c2ccccc2C(c2ccccc2)=NC3)cc1. The Morgan fingerprint density at radius 2 is 1.39 bits per heavy atom. The molecule has 0 unspecified atom stereocenters. The molecule has 0 spiro atoms. The highest BCUT2D eigenvalue weighted by Crippen LogP contribution is 2.31. The Hall–Kier alpha value is -3.79. The second kappa shape index (κ2) is 7.08. The highest BCUT2D eigenvalue weighted by atomic mass is 15.1. The predicted molar refractivity (Wildman–Crippen MR) is 113 cm³/mol. The molecule has 134 valence electrons. The third-order valence-electron chi connectivity index (χ3n) is 4.79. The first-order valence-corrected chi connectivity index (χ1v) is 9.26. The minimum Gasteiger partial charge on any atom is -0.324 e. The molecule has 2 heterocycles. The number of benzene rings is 3. The maximum Gasteiger partial charge on any atom is 0.227 e. The van der Waals surface area contributed by atoms with Crippen LogP contribution >= 0.6 is 0 Å². The second-order valence-electron chi connectivity index (χ2n) is 6.63. The molecule has 0 aliphatic carbocycles. The molecule has 0 amide bonds. The molecule has 28 heavy (non-hydrogen) atoms. The molecule has 0 atom stereocenters. The van der Waals surface area contributed by atoms with E-state index in [0.29, 0.717) is 12.5 Å². The Morgan fingerprint density at radius 1 is 0.714 bits per heavy atom. The summed E-state index contributed by atoms with van der Waals surface area (Å²) >= 11 is 0. The van der Waals surface area contributed by atoms with Crippen LogP contribution in [-0.2, 0) is 6.54 Å². The van der Waals surface area contributed by atoms with Crippen molar-refractivity contribution >= 4 is 17.3 Å². The van der Waals surface area contributed by atoms with Crippen molar-refractivity contribution in [2.24, 2.45) is 4.99 Å². The summed E-state index contributed by atoms with van der Waals surface area (Å²) in [6, 6.07) is 28.6. The van der Waals surface area contributed by atoms with Gasteiger partial charge < -0.3 is 5.32 Å². The maximum absolute atomic E-state index is 4.91. The van der Waals surface area contributed by atoms with Gasteiger partial charge in [-0.25, -0.2) is 9.97 Å². The van der Waals surface area contributed by atoms with Crippen LogP contribution in [0.4, 0.5) is 11.6 Å². The Balaban J connectivity index is 1.61. The fourth-order valence-electron chi connectivity index (χ4n) is 3.45. The number of para-hydroxylation sites is 1. The molecule has 4 aromatic rings. The van der Waals surface area contributed by atoms with Gasteiger partial charge in [-0.1, -0.05) is 72.8 Å². The van der Waals surface area contributed by atoms with Crippen molar-refractivity contribution in [2.75, 3.05) is 5.32 Å². The van der Waals surface area contributed by atoms with Crippen LogP contribution in [0.25, 0.3) is 11.3 Å². The third kappa shape index (κ3) is 3.05. The fourth-order valence-corrected chi connectivity index (χ4v) is 3.45. The molecule has 0 radical (unpaired) electrons. The highest BCUT2D eigenvalue weighted by molar-refractivity contribution is 6.16. The lowest BCUT2D eigenvalue weighted by atomic mass is 9.95. The highest BCUT2D eigenvalue weighted by Gasteiger charge is 2.20. The van der Waals surface area contributed by atoms with Crippen molar-refractivity contribution < 1.29 is 0 Å². The fraction of sp³-hybridized carbons (Fsp3) is 0.0417. The lowest BCUT2D eigenvalue weighted by Crippen LogP contribution is -2.04. The van der Waals surface area contributed by atoms with Gasteiger partial charge in [0.1, 0.15) is 0 Å². The van der Waals surface area contributed by atoms with Gasteiger partial charge in [0.2, 0.25) is 5.95 Å². The zero-order valence-corrected chi connectivity index (χ0v) is 15.2. The molecule has 5 rings (SSSR count). The van der Waals surface area contributed by atoms with E-state index in [1.54, 1.807) is 0 Å². The number of aliphatic imine (C=N–C) groups is 1. The Morgan fingerprint density at radius 3 is 2.18 bits per heavy atom. The molecular weight excluding hydrogens is 344 g/mol. The monoisotopic (exact) mass is 362 g/mol. The van der Waals surface area contributed by atoms with E-state index in [-0.39, 0.29) is 0 Å². The van der Waals surface area contributed by atoms with Gasteiger partial charge in [0.05, 0.1) is 18.0 Å². The van der Waals surface area contributed by atoms with E-state index < -0.39 is 0 Å². The summed E-state index contributed by atoms with van der Waals surface area (Å²) < 4.78 is 0. The Bertz CT molecular complexity index is 1150. The molecule has 1 aliphatic rings. The summed E-state index contributed by atoms with van der Waals surface area (Å²) in [5.74, 6) is 0.586. The lowest BCUT2D eigenvalue weighted by Gasteiger charge is -2.12. The number of rotatable bonds is 3. The van der Waals surface area contributed by atoms with Gasteiger partial charge in [-0.15, -0.1) is 0 Å². The number of hydrogen-bond donors (Lipinski definition) is 1. The quantitative estimate of drug-likeness (QED) is 0.542. The Labute approximate surface area is 163 Å². The first-order valence-electron chi connectivity index (χ1n) is 9.26. The number of hydrogen-bond acceptors (Lipinski definition) is 4. The third-order valence-corrected chi connectivity index (χ3v) is 4.79. The summed E-state index contributed by atoms with van der Waals surface area (Å²) in [5.41, 5.74) is 7.19. The van der Waals surface area contributed by atoms with Crippen molar-refractivity contribution in [3.05, 3.63) is 108 Å². The van der Waals surface area contributed by atoms with E-state index in [0.717, 1.165) is 39.3 Å². The molecule has 3 aromatic carbocycles. The molecule has 0 fully saturated rings. The number of nitrogens with one attached hydrogen (secondary N) is 1. The predicted octanol–water partition coefficient (Wildman–Crippen LogP) is 5.24. The Kier molecular flexibility index (Phi) is 4.14. The van der Waals surface area contributed by atoms with Crippen molar-refractivity contribution in [1.82, 2.24) is 9.97 Å². The van der Waals surface area contributed by atoms with Crippen molar-refractivity contribution in [1.29, 1.82) is 0 Å². The molecule has 0 saturated heterocycles. The number of anilines is 2. The van der Waals surface area contributed by atoms with E-state index in [2.05, 4.69) is 34.6 Å². The van der Waals surface area contributed by atoms with Crippen molar-refractivity contribution in [2.45, 2.75) is 6.54 Å². The van der Waals surface area contributed by atoms with Gasteiger partial charge in [0.25, 0.3) is 0 Å². The number of aromatic nitrogens is 2. The van der Waals surface area contributed by atoms with E-state index >= 15 is 0 Å². The van der Waals surface area contributed by atoms with Crippen molar-refractivity contribution in [3.63, 3.8) is 0 Å². The van der Waals surface area contributed by atoms with Crippen molar-refractivity contribution in [3.8, 4) is 11.3 Å². The molecule has 0 bridgehead atoms. The van der Waals surface area contributed by atoms with Crippen LogP contribution in [-0.4, -0.2) is 15.7 Å². The molecule has 4 nitrogen and oxygen atoms in total. The summed E-state index contributed by atoms with van der Waals surface area (Å²) in [6.07, 6.45) is 1.88. The number of fused-ring (bicyclic) bond motifs is 3. The van der Waals surface area contributed by atoms with Crippen LogP contribution in [0.3, 0.4) is 0 Å². The average molecular weight is 362 g/mol. The zero-order valence-electron chi connectivity index (χ0n) is 15.2. The normalized spacial score (nSPS) is 12.4. The minimum atomic E-state index is 0.555. The summed E-state index contributed by atoms with van der Waals surface area (Å²) in [7, 11) is 0. The van der Waals surface area contributed by atoms with Gasteiger partial charge in [0, 0.05) is 34.1 Å². The van der Waals surface area contributed by atoms with Crippen LogP contribution in [0.15, 0.2) is 96.1 Å². The van der Waals surface area contributed by atoms with Crippen LogP contribution in [0.1, 0.15) is 16.7 Å². The van der Waals surface area contributed by atoms with E-state index in [1.165, 1.54) is 0 Å². The zero-order chi connectivity index (χ0) is 18.8. The van der Waals surface area contributed by atoms with E-state index in [9.17, 15) is 0 Å². The molecule has 0 saturated carbocycles. The topological polar surface area (TPSA) is 50.2 Å². The van der Waals surface area contributed by atoms with Gasteiger partial charge in [-0.3, -0.25) is 4.99 Å². The van der Waals surface area contributed by atoms with E-state index in [1.807, 2.05) is 66.9 Å². The molecule has 1 aromatic heterocycles. The first-order chi connectivity index (χ1) is 13.9. The molecule has 1 N–H and O–H groups in total. The molecule has 4 heteroatoms. The van der Waals surface area contributed by atoms with Gasteiger partial charge in [-0.2, -0.15) is 0 Å². The van der Waals surface area contributed by atoms with Gasteiger partial charge >= 0.3 is 0 Å². The number of nitrogens with zero attached hydrogens (tertiary/aromatic N) is 3. The second-order valence-corrected chi connectivity index (χ2v) is 6.63. The summed E-state index contributed by atoms with van der Waals surface area (Å²) in [6.45, 7) is 0.555. The summed E-state index contributed by atoms with van der Waals surface area (Å²) in [4.78, 5) is 14.3.